The minimum absolute atomic E-state index is 0.125. The molecule has 1 aliphatic heterocycles. The second-order valence-corrected chi connectivity index (χ2v) is 7.30. The van der Waals surface area contributed by atoms with Gasteiger partial charge in [0.2, 0.25) is 0 Å². The van der Waals surface area contributed by atoms with Crippen molar-refractivity contribution in [3.8, 4) is 0 Å². The highest BCUT2D eigenvalue weighted by molar-refractivity contribution is 5.96. The van der Waals surface area contributed by atoms with Crippen molar-refractivity contribution in [1.82, 2.24) is 5.32 Å². The van der Waals surface area contributed by atoms with Crippen LogP contribution in [0.3, 0.4) is 0 Å². The first kappa shape index (κ1) is 14.8. The lowest BCUT2D eigenvalue weighted by Crippen LogP contribution is -2.39. The number of nitrogens with one attached hydrogen (secondary N) is 1. The number of fused-ring (bicyclic) bond motifs is 3. The number of ether oxygens (including phenoxy) is 1. The summed E-state index contributed by atoms with van der Waals surface area (Å²) in [4.78, 5) is 12.5. The predicted octanol–water partition coefficient (Wildman–Crippen LogP) is 3.74. The molecular weight excluding hydrogens is 290 g/mol. The summed E-state index contributed by atoms with van der Waals surface area (Å²) < 4.78 is 11.6. The van der Waals surface area contributed by atoms with Crippen LogP contribution in [0.1, 0.15) is 47.4 Å². The van der Waals surface area contributed by atoms with Crippen LogP contribution in [0, 0.1) is 19.3 Å². The van der Waals surface area contributed by atoms with Crippen LogP contribution in [-0.4, -0.2) is 25.2 Å². The van der Waals surface area contributed by atoms with Crippen molar-refractivity contribution in [2.24, 2.45) is 5.41 Å². The van der Waals surface area contributed by atoms with Gasteiger partial charge in [-0.05, 0) is 62.4 Å². The van der Waals surface area contributed by atoms with Gasteiger partial charge in [0.25, 0.3) is 5.91 Å². The van der Waals surface area contributed by atoms with Crippen molar-refractivity contribution in [1.29, 1.82) is 0 Å². The Kier molecular flexibility index (Phi) is 3.45. The second-order valence-electron chi connectivity index (χ2n) is 7.30. The Hall–Kier alpha value is -1.81. The van der Waals surface area contributed by atoms with Gasteiger partial charge in [-0.3, -0.25) is 4.79 Å². The van der Waals surface area contributed by atoms with E-state index in [9.17, 15) is 4.79 Å². The summed E-state index contributed by atoms with van der Waals surface area (Å²) in [6.07, 6.45) is 4.98. The van der Waals surface area contributed by atoms with E-state index in [1.807, 2.05) is 12.1 Å². The number of hydrogen-bond donors (Lipinski definition) is 1. The van der Waals surface area contributed by atoms with E-state index in [1.54, 1.807) is 0 Å². The third-order valence-corrected chi connectivity index (χ3v) is 5.50. The summed E-state index contributed by atoms with van der Waals surface area (Å²) in [5, 5.41) is 4.05. The SMILES string of the molecule is Cc1cc2cc(C(=O)NCC34CCCC(C3)OC4)oc2cc1C. The summed E-state index contributed by atoms with van der Waals surface area (Å²) in [6, 6.07) is 5.90. The monoisotopic (exact) mass is 313 g/mol. The highest BCUT2D eigenvalue weighted by Gasteiger charge is 2.43. The van der Waals surface area contributed by atoms with E-state index in [0.717, 1.165) is 36.8 Å². The number of amides is 1. The smallest absolute Gasteiger partial charge is 0.287 e. The van der Waals surface area contributed by atoms with E-state index < -0.39 is 0 Å². The molecule has 23 heavy (non-hydrogen) atoms. The second kappa shape index (κ2) is 5.38. The fourth-order valence-corrected chi connectivity index (χ4v) is 3.94. The van der Waals surface area contributed by atoms with Gasteiger partial charge in [0, 0.05) is 17.3 Å². The Morgan fingerprint density at radius 3 is 3.00 bits per heavy atom. The zero-order valence-electron chi connectivity index (χ0n) is 13.8. The molecule has 1 saturated heterocycles. The average Bonchev–Trinajstić information content (AvgIpc) is 3.07. The highest BCUT2D eigenvalue weighted by Crippen LogP contribution is 2.43. The zero-order valence-corrected chi connectivity index (χ0v) is 13.8. The molecule has 1 N–H and O–H groups in total. The Bertz CT molecular complexity index is 720. The van der Waals surface area contributed by atoms with Crippen molar-refractivity contribution in [3.63, 3.8) is 0 Å². The highest BCUT2D eigenvalue weighted by atomic mass is 16.5. The molecule has 122 valence electrons. The van der Waals surface area contributed by atoms with Crippen LogP contribution in [0.15, 0.2) is 22.6 Å². The first-order chi connectivity index (χ1) is 11.0. The Morgan fingerprint density at radius 2 is 2.13 bits per heavy atom. The van der Waals surface area contributed by atoms with Crippen LogP contribution >= 0.6 is 0 Å². The fraction of sp³-hybridized carbons (Fsp3) is 0.526. The molecule has 1 aromatic carbocycles. The summed E-state index contributed by atoms with van der Waals surface area (Å²) in [5.74, 6) is 0.271. The van der Waals surface area contributed by atoms with Crippen LogP contribution in [0.2, 0.25) is 0 Å². The topological polar surface area (TPSA) is 51.5 Å². The first-order valence-corrected chi connectivity index (χ1v) is 8.45. The van der Waals surface area contributed by atoms with Gasteiger partial charge in [-0.15, -0.1) is 0 Å². The first-order valence-electron chi connectivity index (χ1n) is 8.45. The molecule has 2 aliphatic rings. The van der Waals surface area contributed by atoms with Crippen molar-refractivity contribution >= 4 is 16.9 Å². The maximum absolute atomic E-state index is 12.5. The minimum atomic E-state index is -0.125. The third kappa shape index (κ3) is 2.65. The predicted molar refractivity (Wildman–Crippen MR) is 88.7 cm³/mol. The molecule has 2 fully saturated rings. The normalized spacial score (nSPS) is 26.6. The molecule has 4 heteroatoms. The standard InChI is InChI=1S/C19H23NO3/c1-12-6-14-8-17(23-16(14)7-13(12)2)18(21)20-10-19-5-3-4-15(9-19)22-11-19/h6-8,15H,3-5,9-11H2,1-2H3,(H,20,21). The van der Waals surface area contributed by atoms with Crippen molar-refractivity contribution < 1.29 is 13.9 Å². The number of carbonyl (C=O) groups is 1. The summed E-state index contributed by atoms with van der Waals surface area (Å²) in [5.41, 5.74) is 3.30. The molecule has 0 spiro atoms. The van der Waals surface area contributed by atoms with E-state index in [1.165, 1.54) is 17.5 Å². The fourth-order valence-electron chi connectivity index (χ4n) is 3.94. The van der Waals surface area contributed by atoms with Gasteiger partial charge in [-0.1, -0.05) is 6.42 Å². The summed E-state index contributed by atoms with van der Waals surface area (Å²) in [6.45, 7) is 5.57. The largest absolute Gasteiger partial charge is 0.451 e. The van der Waals surface area contributed by atoms with Crippen LogP contribution in [0.4, 0.5) is 0 Å². The maximum atomic E-state index is 12.5. The van der Waals surface area contributed by atoms with Crippen molar-refractivity contribution in [2.75, 3.05) is 13.2 Å². The van der Waals surface area contributed by atoms with Crippen LogP contribution in [0.25, 0.3) is 11.0 Å². The van der Waals surface area contributed by atoms with Gasteiger partial charge < -0.3 is 14.5 Å². The molecule has 2 heterocycles. The number of aryl methyl sites for hydroxylation is 2. The maximum Gasteiger partial charge on any atom is 0.287 e. The zero-order chi connectivity index (χ0) is 16.0. The summed E-state index contributed by atoms with van der Waals surface area (Å²) in [7, 11) is 0. The number of benzene rings is 1. The van der Waals surface area contributed by atoms with Gasteiger partial charge in [-0.2, -0.15) is 0 Å². The number of carbonyl (C=O) groups excluding carboxylic acids is 1. The average molecular weight is 313 g/mol. The van der Waals surface area contributed by atoms with E-state index in [4.69, 9.17) is 9.15 Å². The van der Waals surface area contributed by atoms with E-state index in [2.05, 4.69) is 25.2 Å². The molecule has 1 amide bonds. The lowest BCUT2D eigenvalue weighted by molar-refractivity contribution is 0.0885. The number of hydrogen-bond acceptors (Lipinski definition) is 3. The molecular formula is C19H23NO3. The Labute approximate surface area is 136 Å². The quantitative estimate of drug-likeness (QED) is 0.939. The van der Waals surface area contributed by atoms with Crippen molar-refractivity contribution in [2.45, 2.75) is 45.6 Å². The van der Waals surface area contributed by atoms with E-state index in [0.29, 0.717) is 18.4 Å². The lowest BCUT2D eigenvalue weighted by Gasteiger charge is -2.30. The van der Waals surface area contributed by atoms with Gasteiger partial charge in [-0.25, -0.2) is 0 Å². The van der Waals surface area contributed by atoms with Crippen LogP contribution in [-0.2, 0) is 4.74 Å². The van der Waals surface area contributed by atoms with Crippen LogP contribution in [0.5, 0.6) is 0 Å². The van der Waals surface area contributed by atoms with Gasteiger partial charge >= 0.3 is 0 Å². The van der Waals surface area contributed by atoms with Crippen LogP contribution < -0.4 is 5.32 Å². The third-order valence-electron chi connectivity index (χ3n) is 5.50. The van der Waals surface area contributed by atoms with Gasteiger partial charge in [0.05, 0.1) is 12.7 Å². The Morgan fingerprint density at radius 1 is 1.30 bits per heavy atom. The number of rotatable bonds is 3. The van der Waals surface area contributed by atoms with E-state index in [-0.39, 0.29) is 11.3 Å². The lowest BCUT2D eigenvalue weighted by atomic mass is 9.76. The molecule has 1 saturated carbocycles. The molecule has 2 unspecified atom stereocenters. The molecule has 4 rings (SSSR count). The van der Waals surface area contributed by atoms with Gasteiger partial charge in [0.1, 0.15) is 5.58 Å². The molecule has 2 bridgehead atoms. The van der Waals surface area contributed by atoms with E-state index >= 15 is 0 Å². The molecule has 4 nitrogen and oxygen atoms in total. The van der Waals surface area contributed by atoms with Crippen molar-refractivity contribution in [3.05, 3.63) is 35.1 Å². The van der Waals surface area contributed by atoms with Gasteiger partial charge in [0.15, 0.2) is 5.76 Å². The number of furan rings is 1. The molecule has 1 aromatic heterocycles. The summed E-state index contributed by atoms with van der Waals surface area (Å²) >= 11 is 0. The molecule has 0 radical (unpaired) electrons. The molecule has 2 atom stereocenters. The Balaban J connectivity index is 1.49. The minimum Gasteiger partial charge on any atom is -0.451 e. The molecule has 2 aromatic rings. The molecule has 1 aliphatic carbocycles.